The van der Waals surface area contributed by atoms with Crippen LogP contribution in [0, 0.1) is 5.92 Å². The third-order valence-electron chi connectivity index (χ3n) is 4.50. The molecule has 0 aromatic carbocycles. The largest absolute Gasteiger partial charge is 0.478 e. The van der Waals surface area contributed by atoms with Gasteiger partial charge in [-0.1, -0.05) is 25.2 Å². The molecule has 144 valence electrons. The van der Waals surface area contributed by atoms with Crippen molar-refractivity contribution in [1.29, 1.82) is 0 Å². The first-order valence-corrected chi connectivity index (χ1v) is 8.57. The summed E-state index contributed by atoms with van der Waals surface area (Å²) in [7, 11) is 0. The number of carboxylic acids is 1. The van der Waals surface area contributed by atoms with Crippen LogP contribution < -0.4 is 0 Å². The van der Waals surface area contributed by atoms with E-state index in [2.05, 4.69) is 0 Å². The summed E-state index contributed by atoms with van der Waals surface area (Å²) >= 11 is 0. The number of carbonyl (C=O) groups is 3. The van der Waals surface area contributed by atoms with E-state index in [0.29, 0.717) is 19.3 Å². The van der Waals surface area contributed by atoms with Gasteiger partial charge < -0.3 is 20.4 Å². The molecule has 0 fully saturated rings. The van der Waals surface area contributed by atoms with Gasteiger partial charge in [-0.05, 0) is 25.3 Å². The molecule has 1 rings (SSSR count). The molecule has 0 heterocycles. The van der Waals surface area contributed by atoms with E-state index in [1.54, 1.807) is 13.0 Å². The van der Waals surface area contributed by atoms with Crippen molar-refractivity contribution < 1.29 is 34.8 Å². The van der Waals surface area contributed by atoms with Gasteiger partial charge in [0.25, 0.3) is 0 Å². The van der Waals surface area contributed by atoms with Crippen molar-refractivity contribution in [2.45, 2.75) is 51.7 Å². The molecule has 3 atom stereocenters. The molecule has 7 heteroatoms. The molecule has 0 radical (unpaired) electrons. The summed E-state index contributed by atoms with van der Waals surface area (Å²) in [5.74, 6) is -2.52. The second kappa shape index (κ2) is 10.2. The molecule has 0 saturated carbocycles. The van der Waals surface area contributed by atoms with Crippen LogP contribution in [0.3, 0.4) is 0 Å². The number of Topliss-reactive ketones (excluding diaryl/α,β-unsaturated/α-hetero) is 2. The Morgan fingerprint density at radius 1 is 1.23 bits per heavy atom. The highest BCUT2D eigenvalue weighted by Crippen LogP contribution is 2.31. The van der Waals surface area contributed by atoms with Gasteiger partial charge in [0, 0.05) is 24.0 Å². The van der Waals surface area contributed by atoms with Crippen LogP contribution in [0.4, 0.5) is 0 Å². The fourth-order valence-corrected chi connectivity index (χ4v) is 2.73. The third-order valence-corrected chi connectivity index (χ3v) is 4.50. The number of aliphatic hydroxyl groups excluding tert-OH is 3. The number of aliphatic carboxylic acids is 1. The molecule has 7 nitrogen and oxygen atoms in total. The molecule has 0 aliphatic heterocycles. The molecule has 0 saturated heterocycles. The molecule has 0 bridgehead atoms. The van der Waals surface area contributed by atoms with Gasteiger partial charge in [0.1, 0.15) is 11.9 Å². The number of rotatable bonds is 9. The number of aliphatic hydroxyl groups is 3. The highest BCUT2D eigenvalue weighted by atomic mass is 16.4. The molecule has 1 aliphatic carbocycles. The maximum absolute atomic E-state index is 12.7. The number of ketones is 2. The molecule has 0 unspecified atom stereocenters. The zero-order valence-corrected chi connectivity index (χ0v) is 15.0. The quantitative estimate of drug-likeness (QED) is 0.446. The SMILES string of the molecule is CCC(=O)CC/C=C/C1=C(CO)[C@@H](O)[C@@H](O)[C@@H](C/C=C(\C)C(=O)O)C1=O. The smallest absolute Gasteiger partial charge is 0.330 e. The van der Waals surface area contributed by atoms with Gasteiger partial charge in [-0.15, -0.1) is 0 Å². The number of allylic oxidation sites excluding steroid dienone is 4. The maximum Gasteiger partial charge on any atom is 0.330 e. The van der Waals surface area contributed by atoms with Crippen LogP contribution >= 0.6 is 0 Å². The Hall–Kier alpha value is -2.09. The fraction of sp³-hybridized carbons (Fsp3) is 0.526. The van der Waals surface area contributed by atoms with E-state index < -0.39 is 36.5 Å². The van der Waals surface area contributed by atoms with Crippen LogP contribution in [0.1, 0.15) is 39.5 Å². The summed E-state index contributed by atoms with van der Waals surface area (Å²) in [4.78, 5) is 34.9. The molecule has 4 N–H and O–H groups in total. The summed E-state index contributed by atoms with van der Waals surface area (Å²) in [6.07, 6.45) is 2.69. The van der Waals surface area contributed by atoms with E-state index in [0.717, 1.165) is 0 Å². The molecular formula is C19H26O7. The second-order valence-corrected chi connectivity index (χ2v) is 6.26. The highest BCUT2D eigenvalue weighted by molar-refractivity contribution is 6.02. The van der Waals surface area contributed by atoms with Gasteiger partial charge in [-0.2, -0.15) is 0 Å². The van der Waals surface area contributed by atoms with Gasteiger partial charge in [0.05, 0.1) is 18.6 Å². The van der Waals surface area contributed by atoms with E-state index in [9.17, 15) is 29.7 Å². The average molecular weight is 366 g/mol. The molecule has 0 spiro atoms. The molecule has 0 aromatic rings. The minimum Gasteiger partial charge on any atom is -0.478 e. The van der Waals surface area contributed by atoms with Crippen molar-refractivity contribution in [1.82, 2.24) is 0 Å². The number of carboxylic acid groups (broad SMARTS) is 1. The van der Waals surface area contributed by atoms with Crippen LogP contribution in [0.5, 0.6) is 0 Å². The van der Waals surface area contributed by atoms with E-state index >= 15 is 0 Å². The summed E-state index contributed by atoms with van der Waals surface area (Å²) in [5, 5.41) is 38.8. The topological polar surface area (TPSA) is 132 Å². The zero-order valence-electron chi connectivity index (χ0n) is 15.0. The van der Waals surface area contributed by atoms with Gasteiger partial charge in [0.15, 0.2) is 5.78 Å². The predicted molar refractivity (Wildman–Crippen MR) is 94.3 cm³/mol. The Labute approximate surface area is 152 Å². The van der Waals surface area contributed by atoms with Gasteiger partial charge in [-0.3, -0.25) is 9.59 Å². The number of hydrogen-bond acceptors (Lipinski definition) is 6. The fourth-order valence-electron chi connectivity index (χ4n) is 2.73. The van der Waals surface area contributed by atoms with Crippen LogP contribution in [0.15, 0.2) is 34.9 Å². The van der Waals surface area contributed by atoms with Crippen LogP contribution in [0.25, 0.3) is 0 Å². The Bertz CT molecular complexity index is 642. The Morgan fingerprint density at radius 2 is 1.88 bits per heavy atom. The molecule has 26 heavy (non-hydrogen) atoms. The van der Waals surface area contributed by atoms with E-state index in [1.165, 1.54) is 19.1 Å². The molecule has 0 aromatic heterocycles. The standard InChI is InChI=1S/C19H26O7/c1-3-12(21)6-4-5-7-13-15(10-20)18(24)17(23)14(16(13)22)9-8-11(2)19(25)26/h5,7-8,14,17-18,20,23-24H,3-4,6,9-10H2,1-2H3,(H,25,26)/b7-5+,11-8+/t14-,17-,18+/m0/s1. The summed E-state index contributed by atoms with van der Waals surface area (Å²) in [5.41, 5.74) is 0.156. The van der Waals surface area contributed by atoms with Crippen molar-refractivity contribution in [2.24, 2.45) is 5.92 Å². The zero-order chi connectivity index (χ0) is 19.9. The average Bonchev–Trinajstić information content (AvgIpc) is 2.61. The first-order valence-electron chi connectivity index (χ1n) is 8.57. The van der Waals surface area contributed by atoms with E-state index in [-0.39, 0.29) is 28.9 Å². The lowest BCUT2D eigenvalue weighted by molar-refractivity contribution is -0.133. The van der Waals surface area contributed by atoms with E-state index in [4.69, 9.17) is 5.11 Å². The van der Waals surface area contributed by atoms with Crippen LogP contribution in [-0.2, 0) is 14.4 Å². The van der Waals surface area contributed by atoms with Gasteiger partial charge in [-0.25, -0.2) is 4.79 Å². The Balaban J connectivity index is 3.04. The van der Waals surface area contributed by atoms with Crippen molar-refractivity contribution in [3.05, 3.63) is 34.9 Å². The van der Waals surface area contributed by atoms with Crippen molar-refractivity contribution >= 4 is 17.5 Å². The summed E-state index contributed by atoms with van der Waals surface area (Å²) in [6.45, 7) is 2.55. The van der Waals surface area contributed by atoms with Gasteiger partial charge >= 0.3 is 5.97 Å². The number of hydrogen-bond donors (Lipinski definition) is 4. The maximum atomic E-state index is 12.7. The Morgan fingerprint density at radius 3 is 2.42 bits per heavy atom. The Kier molecular flexibility index (Phi) is 8.57. The molecule has 1 aliphatic rings. The first-order chi connectivity index (χ1) is 12.2. The monoisotopic (exact) mass is 366 g/mol. The normalized spacial score (nSPS) is 24.4. The molecular weight excluding hydrogens is 340 g/mol. The highest BCUT2D eigenvalue weighted by Gasteiger charge is 2.40. The minimum atomic E-state index is -1.43. The van der Waals surface area contributed by atoms with Crippen LogP contribution in [-0.4, -0.2) is 56.8 Å². The lowest BCUT2D eigenvalue weighted by Gasteiger charge is -2.33. The lowest BCUT2D eigenvalue weighted by Crippen LogP contribution is -2.45. The van der Waals surface area contributed by atoms with Crippen molar-refractivity contribution in [3.8, 4) is 0 Å². The minimum absolute atomic E-state index is 0.0238. The van der Waals surface area contributed by atoms with Crippen LogP contribution in [0.2, 0.25) is 0 Å². The predicted octanol–water partition coefficient (Wildman–Crippen LogP) is 0.932. The van der Waals surface area contributed by atoms with E-state index in [1.807, 2.05) is 0 Å². The van der Waals surface area contributed by atoms with Crippen molar-refractivity contribution in [2.75, 3.05) is 6.61 Å². The van der Waals surface area contributed by atoms with Crippen molar-refractivity contribution in [3.63, 3.8) is 0 Å². The van der Waals surface area contributed by atoms with Gasteiger partial charge in [0.2, 0.25) is 0 Å². The number of carbonyl (C=O) groups excluding carboxylic acids is 2. The second-order valence-electron chi connectivity index (χ2n) is 6.26. The summed E-state index contributed by atoms with van der Waals surface area (Å²) < 4.78 is 0. The third kappa shape index (κ3) is 5.45. The first kappa shape index (κ1) is 22.0. The summed E-state index contributed by atoms with van der Waals surface area (Å²) in [6, 6.07) is 0. The lowest BCUT2D eigenvalue weighted by atomic mass is 9.77. The molecule has 0 amide bonds.